The molecule has 1 aromatic carbocycles. The molecule has 1 fully saturated rings. The zero-order chi connectivity index (χ0) is 34.6. The minimum absolute atomic E-state index is 0.0420. The summed E-state index contributed by atoms with van der Waals surface area (Å²) in [7, 11) is -2.24. The number of benzene rings is 1. The lowest BCUT2D eigenvalue weighted by atomic mass is 10.0. The molecular formula is C34H47N5O6SSi. The van der Waals surface area contributed by atoms with Crippen molar-refractivity contribution in [2.45, 2.75) is 109 Å². The minimum atomic E-state index is -2.24. The Labute approximate surface area is 282 Å². The average molecular weight is 682 g/mol. The van der Waals surface area contributed by atoms with Gasteiger partial charge in [-0.3, -0.25) is 20.0 Å². The van der Waals surface area contributed by atoms with Crippen molar-refractivity contribution in [1.29, 1.82) is 0 Å². The lowest BCUT2D eigenvalue weighted by Crippen LogP contribution is -2.49. The van der Waals surface area contributed by atoms with Crippen molar-refractivity contribution in [2.24, 2.45) is 0 Å². The number of likely N-dealkylation sites (tertiary alicyclic amines) is 1. The Kier molecular flexibility index (Phi) is 11.1. The van der Waals surface area contributed by atoms with Crippen LogP contribution in [-0.2, 0) is 26.8 Å². The first-order valence-electron chi connectivity index (χ1n) is 15.8. The molecule has 3 heterocycles. The summed E-state index contributed by atoms with van der Waals surface area (Å²) in [6.45, 7) is 16.2. The van der Waals surface area contributed by atoms with Crippen LogP contribution >= 0.6 is 11.3 Å². The van der Waals surface area contributed by atoms with Crippen LogP contribution in [-0.4, -0.2) is 64.1 Å². The van der Waals surface area contributed by atoms with E-state index in [1.807, 2.05) is 36.4 Å². The van der Waals surface area contributed by atoms with E-state index >= 15 is 0 Å². The highest BCUT2D eigenvalue weighted by Crippen LogP contribution is 2.44. The molecule has 3 aromatic rings. The molecule has 0 saturated carbocycles. The van der Waals surface area contributed by atoms with Crippen molar-refractivity contribution >= 4 is 48.6 Å². The number of carbonyl (C=O) groups is 3. The number of aromatic nitrogens is 2. The lowest BCUT2D eigenvalue weighted by molar-refractivity contribution is -0.115. The van der Waals surface area contributed by atoms with Crippen LogP contribution in [0, 0.1) is 0 Å². The second kappa shape index (κ2) is 14.5. The van der Waals surface area contributed by atoms with Crippen LogP contribution in [0.25, 0.3) is 0 Å². The fourth-order valence-electron chi connectivity index (χ4n) is 5.32. The van der Waals surface area contributed by atoms with Gasteiger partial charge >= 0.3 is 12.2 Å². The summed E-state index contributed by atoms with van der Waals surface area (Å²) in [4.78, 5) is 47.6. The Morgan fingerprint density at radius 3 is 2.36 bits per heavy atom. The molecule has 0 radical (unpaired) electrons. The van der Waals surface area contributed by atoms with Crippen molar-refractivity contribution in [2.75, 3.05) is 10.6 Å². The van der Waals surface area contributed by atoms with Gasteiger partial charge in [-0.2, -0.15) is 0 Å². The van der Waals surface area contributed by atoms with Gasteiger partial charge in [0.15, 0.2) is 13.4 Å². The Balaban J connectivity index is 1.39. The zero-order valence-electron chi connectivity index (χ0n) is 28.5. The first-order valence-corrected chi connectivity index (χ1v) is 19.6. The van der Waals surface area contributed by atoms with Gasteiger partial charge in [0.2, 0.25) is 5.91 Å². The summed E-state index contributed by atoms with van der Waals surface area (Å²) in [6, 6.07) is 10.8. The van der Waals surface area contributed by atoms with Crippen molar-refractivity contribution < 1.29 is 28.7 Å². The standard InChI is InChI=1S/C34H47N5O6SSi/c1-33(2,3)44-31(41)38-30-37-25(21-46-30)19-28(40)36-24-13-11-22(12-14-24)18-26-15-16-27(39(26)32(42)43)29(23-10-9-17-35-20-23)45-47(7,8)34(4,5)6/h9-14,17,20-21,26-27,29H,15-16,18-19H2,1-8H3,(H,36,40)(H,42,43)(H,37,38,41)/t26-,27+,29?/m0/s1. The van der Waals surface area contributed by atoms with E-state index < -0.39 is 32.2 Å². The summed E-state index contributed by atoms with van der Waals surface area (Å²) in [5.74, 6) is -0.245. The van der Waals surface area contributed by atoms with Crippen LogP contribution in [0.3, 0.4) is 0 Å². The maximum Gasteiger partial charge on any atom is 0.413 e. The third-order valence-corrected chi connectivity index (χ3v) is 13.8. The molecule has 0 bridgehead atoms. The topological polar surface area (TPSA) is 143 Å². The van der Waals surface area contributed by atoms with Gasteiger partial charge in [0.1, 0.15) is 5.60 Å². The van der Waals surface area contributed by atoms with E-state index in [1.165, 1.54) is 11.3 Å². The third kappa shape index (κ3) is 9.85. The highest BCUT2D eigenvalue weighted by Gasteiger charge is 2.47. The highest BCUT2D eigenvalue weighted by molar-refractivity contribution is 7.13. The van der Waals surface area contributed by atoms with Gasteiger partial charge in [0, 0.05) is 29.5 Å². The Morgan fingerprint density at radius 1 is 1.06 bits per heavy atom. The molecule has 3 amide bonds. The summed E-state index contributed by atoms with van der Waals surface area (Å²) < 4.78 is 12.1. The van der Waals surface area contributed by atoms with Crippen LogP contribution in [0.5, 0.6) is 0 Å². The van der Waals surface area contributed by atoms with Gasteiger partial charge < -0.3 is 19.6 Å². The van der Waals surface area contributed by atoms with Crippen LogP contribution in [0.15, 0.2) is 54.2 Å². The van der Waals surface area contributed by atoms with Crippen molar-refractivity contribution in [3.63, 3.8) is 0 Å². The predicted octanol–water partition coefficient (Wildman–Crippen LogP) is 7.88. The summed E-state index contributed by atoms with van der Waals surface area (Å²) in [5.41, 5.74) is 2.39. The number of carboxylic acid groups (broad SMARTS) is 1. The Bertz CT molecular complexity index is 1530. The van der Waals surface area contributed by atoms with Crippen LogP contribution in [0.2, 0.25) is 18.1 Å². The normalized spacial score (nSPS) is 17.7. The maximum absolute atomic E-state index is 12.7. The molecule has 3 atom stereocenters. The van der Waals surface area contributed by atoms with Crippen molar-refractivity contribution in [3.05, 3.63) is 71.0 Å². The number of nitrogens with zero attached hydrogens (tertiary/aromatic N) is 3. The van der Waals surface area contributed by atoms with Gasteiger partial charge in [-0.25, -0.2) is 14.6 Å². The Hall–Kier alpha value is -3.81. The van der Waals surface area contributed by atoms with Gasteiger partial charge in [0.05, 0.1) is 24.3 Å². The van der Waals surface area contributed by atoms with Gasteiger partial charge in [0.25, 0.3) is 0 Å². The fraction of sp³-hybridized carbons (Fsp3) is 0.500. The van der Waals surface area contributed by atoms with E-state index in [1.54, 1.807) is 43.4 Å². The molecule has 47 heavy (non-hydrogen) atoms. The average Bonchev–Trinajstić information content (AvgIpc) is 3.58. The molecule has 1 aliphatic rings. The molecular weight excluding hydrogens is 635 g/mol. The molecule has 13 heteroatoms. The molecule has 3 N–H and O–H groups in total. The Morgan fingerprint density at radius 2 is 1.77 bits per heavy atom. The second-order valence-electron chi connectivity index (χ2n) is 14.5. The molecule has 2 aromatic heterocycles. The quantitative estimate of drug-likeness (QED) is 0.183. The van der Waals surface area contributed by atoms with E-state index in [0.29, 0.717) is 35.8 Å². The predicted molar refractivity (Wildman–Crippen MR) is 186 cm³/mol. The summed E-state index contributed by atoms with van der Waals surface area (Å²) >= 11 is 1.22. The van der Waals surface area contributed by atoms with E-state index in [0.717, 1.165) is 11.1 Å². The van der Waals surface area contributed by atoms with E-state index in [9.17, 15) is 19.5 Å². The molecule has 11 nitrogen and oxygen atoms in total. The molecule has 1 aliphatic heterocycles. The molecule has 0 spiro atoms. The number of hydrogen-bond acceptors (Lipinski definition) is 8. The van der Waals surface area contributed by atoms with Crippen LogP contribution in [0.4, 0.5) is 20.4 Å². The summed E-state index contributed by atoms with van der Waals surface area (Å²) in [6.07, 6.45) is 3.51. The highest BCUT2D eigenvalue weighted by atomic mass is 32.1. The zero-order valence-corrected chi connectivity index (χ0v) is 30.3. The van der Waals surface area contributed by atoms with E-state index in [4.69, 9.17) is 9.16 Å². The smallest absolute Gasteiger partial charge is 0.413 e. The van der Waals surface area contributed by atoms with Crippen molar-refractivity contribution in [3.8, 4) is 0 Å². The first-order chi connectivity index (χ1) is 21.9. The number of carbonyl (C=O) groups excluding carboxylic acids is 2. The molecule has 4 rings (SSSR count). The number of anilines is 2. The molecule has 0 aliphatic carbocycles. The number of pyridine rings is 1. The lowest BCUT2D eigenvalue weighted by Gasteiger charge is -2.42. The van der Waals surface area contributed by atoms with Crippen LogP contribution < -0.4 is 10.6 Å². The van der Waals surface area contributed by atoms with E-state index in [2.05, 4.69) is 54.5 Å². The molecule has 1 saturated heterocycles. The number of nitrogens with one attached hydrogen (secondary N) is 2. The van der Waals surface area contributed by atoms with Gasteiger partial charge in [-0.15, -0.1) is 11.3 Å². The SMILES string of the molecule is CC(C)(C)OC(=O)Nc1nc(CC(=O)Nc2ccc(C[C@@H]3CC[C@H](C(O[Si](C)(C)C(C)(C)C)c4cccnc4)N3C(=O)O)cc2)cs1. The number of thiazole rings is 1. The third-order valence-electron chi connectivity index (χ3n) is 8.57. The van der Waals surface area contributed by atoms with Gasteiger partial charge in [-0.05, 0) is 87.5 Å². The summed E-state index contributed by atoms with van der Waals surface area (Å²) in [5, 5.41) is 17.9. The molecule has 254 valence electrons. The fourth-order valence-corrected chi connectivity index (χ4v) is 7.29. The maximum atomic E-state index is 12.7. The number of hydrogen-bond donors (Lipinski definition) is 3. The van der Waals surface area contributed by atoms with E-state index in [-0.39, 0.29) is 29.4 Å². The minimum Gasteiger partial charge on any atom is -0.465 e. The van der Waals surface area contributed by atoms with Crippen LogP contribution in [0.1, 0.15) is 77.3 Å². The number of amides is 3. The monoisotopic (exact) mass is 681 g/mol. The van der Waals surface area contributed by atoms with Crippen molar-refractivity contribution in [1.82, 2.24) is 14.9 Å². The molecule has 1 unspecified atom stereocenters. The number of rotatable bonds is 10. The largest absolute Gasteiger partial charge is 0.465 e. The number of ether oxygens (including phenoxy) is 1. The first kappa shape index (κ1) is 36.0. The van der Waals surface area contributed by atoms with Gasteiger partial charge in [-0.1, -0.05) is 39.0 Å². The second-order valence-corrected chi connectivity index (χ2v) is 20.1.